The number of benzene rings is 2. The fourth-order valence-corrected chi connectivity index (χ4v) is 7.92. The van der Waals surface area contributed by atoms with Gasteiger partial charge in [-0.2, -0.15) is 0 Å². The molecular formula is C48H57F2LiN16O8. The summed E-state index contributed by atoms with van der Waals surface area (Å²) >= 11 is 0. The maximum atomic E-state index is 14.9. The van der Waals surface area contributed by atoms with Crippen LogP contribution in [0, 0.1) is 11.6 Å². The number of nitrogens with one attached hydrogen (secondary N) is 2. The first kappa shape index (κ1) is 58.1. The summed E-state index contributed by atoms with van der Waals surface area (Å²) in [6.45, 7) is 11.3. The summed E-state index contributed by atoms with van der Waals surface area (Å²) in [5.74, 6) is -2.04. The summed E-state index contributed by atoms with van der Waals surface area (Å²) in [4.78, 5) is 77.6. The van der Waals surface area contributed by atoms with E-state index in [0.717, 1.165) is 22.3 Å². The summed E-state index contributed by atoms with van der Waals surface area (Å²) < 4.78 is 37.7. The first-order valence-corrected chi connectivity index (χ1v) is 23.5. The molecule has 24 nitrogen and oxygen atoms in total. The summed E-state index contributed by atoms with van der Waals surface area (Å²) in [5, 5.41) is 37.8. The molecule has 75 heavy (non-hydrogen) atoms. The standard InChI is InChI=1S/C25H29FN8O4.C23H27FN8O3.Li.H2O/c1-5-32(4)25(37)33-10-9-17-12-20(26)19(11-18(17)13-33)24(36)28-22-8-6-7-21(27-22)23-29-30-31-34(23)15(2)14-38-16(3)35;1-4-30(3)23(35)31-9-8-15-11-18(24)17(10-16(15)12-31)22(34)26-20-7-5-6-19(25-20)21-27-28-29-32(21)14(2)13-33;;/h6-8,11-12,15H,5,9-10,13-14H2,1-4H3,(H,27,28,36);5-7,10-11,14,33H,4,8-9,12-13H2,1-3H3,(H,25,26,34);;1H2/q;;+1;/p-1/t15-;14-;;/m11../s1. The van der Waals surface area contributed by atoms with Crippen LogP contribution >= 0.6 is 0 Å². The topological polar surface area (TPSA) is 295 Å². The molecule has 0 radical (unpaired) electrons. The van der Waals surface area contributed by atoms with Gasteiger partial charge in [-0.15, -0.1) is 10.2 Å². The van der Waals surface area contributed by atoms with E-state index < -0.39 is 29.4 Å². The van der Waals surface area contributed by atoms with Gasteiger partial charge >= 0.3 is 36.9 Å². The number of fused-ring (bicyclic) bond motifs is 2. The second-order valence-corrected chi connectivity index (χ2v) is 17.4. The number of pyridine rings is 2. The van der Waals surface area contributed by atoms with E-state index in [2.05, 4.69) is 51.7 Å². The monoisotopic (exact) mass is 1030 g/mol. The van der Waals surface area contributed by atoms with Gasteiger partial charge in [-0.25, -0.2) is 37.7 Å². The summed E-state index contributed by atoms with van der Waals surface area (Å²) in [6.07, 6.45) is 1.02. The van der Waals surface area contributed by atoms with Crippen molar-refractivity contribution >= 4 is 41.5 Å². The minimum atomic E-state index is -0.674. The third kappa shape index (κ3) is 13.7. The largest absolute Gasteiger partial charge is 1.00 e. The molecule has 0 unspecified atom stereocenters. The van der Waals surface area contributed by atoms with E-state index in [4.69, 9.17) is 4.74 Å². The molecule has 0 bridgehead atoms. The molecule has 392 valence electrons. The number of ether oxygens (including phenoxy) is 1. The Morgan fingerprint density at radius 1 is 0.693 bits per heavy atom. The van der Waals surface area contributed by atoms with E-state index >= 15 is 0 Å². The molecule has 4 aromatic heterocycles. The van der Waals surface area contributed by atoms with Crippen molar-refractivity contribution in [2.45, 2.75) is 72.6 Å². The number of halogens is 2. The van der Waals surface area contributed by atoms with Crippen molar-refractivity contribution in [3.8, 4) is 23.0 Å². The molecule has 0 fully saturated rings. The van der Waals surface area contributed by atoms with Crippen LogP contribution < -0.4 is 29.5 Å². The van der Waals surface area contributed by atoms with Gasteiger partial charge in [0.1, 0.15) is 41.3 Å². The van der Waals surface area contributed by atoms with Crippen molar-refractivity contribution in [2.24, 2.45) is 0 Å². The Balaban J connectivity index is 0.000000271. The van der Waals surface area contributed by atoms with E-state index in [-0.39, 0.29) is 84.5 Å². The number of aromatic nitrogens is 10. The quantitative estimate of drug-likeness (QED) is 0.109. The van der Waals surface area contributed by atoms with Gasteiger partial charge in [0.25, 0.3) is 11.8 Å². The number of hydrogen-bond acceptors (Lipinski definition) is 16. The number of aliphatic hydroxyl groups is 1. The van der Waals surface area contributed by atoms with Crippen molar-refractivity contribution in [1.29, 1.82) is 0 Å². The van der Waals surface area contributed by atoms with Gasteiger partial charge < -0.3 is 45.6 Å². The van der Waals surface area contributed by atoms with Gasteiger partial charge in [-0.05, 0) is 132 Å². The molecule has 8 rings (SSSR count). The fourth-order valence-electron chi connectivity index (χ4n) is 7.92. The first-order chi connectivity index (χ1) is 35.0. The Morgan fingerprint density at radius 3 is 1.52 bits per heavy atom. The van der Waals surface area contributed by atoms with Gasteiger partial charge in [-0.1, -0.05) is 12.1 Å². The predicted molar refractivity (Wildman–Crippen MR) is 262 cm³/mol. The normalized spacial score (nSPS) is 13.3. The van der Waals surface area contributed by atoms with Gasteiger partial charge in [0.05, 0.1) is 29.8 Å². The molecule has 6 amide bonds. The Labute approximate surface area is 442 Å². The average molecular weight is 1030 g/mol. The number of urea groups is 2. The Kier molecular flexibility index (Phi) is 20.1. The van der Waals surface area contributed by atoms with Gasteiger partial charge in [0.15, 0.2) is 0 Å². The SMILES string of the molecule is CCN(C)C(=O)N1CCc2cc(F)c(C(=O)Nc3cccc(-c4nnnn4[C@H](C)CO)n3)cc2C1.CCN(C)C(=O)N1CCc2cc(F)c(C(=O)Nc3cccc(-c4nnnn4[C@H](C)COC(C)=O)n3)cc2C1.[Li+].[OH-]. The van der Waals surface area contributed by atoms with E-state index in [9.17, 15) is 37.9 Å². The van der Waals surface area contributed by atoms with E-state index in [0.29, 0.717) is 75.1 Å². The third-order valence-corrected chi connectivity index (χ3v) is 12.3. The number of nitrogens with zero attached hydrogens (tertiary/aromatic N) is 14. The minimum absolute atomic E-state index is 0. The van der Waals surface area contributed by atoms with Crippen LogP contribution in [0.2, 0.25) is 0 Å². The number of aliphatic hydroxyl groups excluding tert-OH is 1. The number of rotatable bonds is 13. The van der Waals surface area contributed by atoms with Crippen LogP contribution in [0.5, 0.6) is 0 Å². The van der Waals surface area contributed by atoms with Crippen molar-refractivity contribution in [3.63, 3.8) is 0 Å². The first-order valence-electron chi connectivity index (χ1n) is 23.5. The van der Waals surface area contributed by atoms with Crippen LogP contribution in [-0.2, 0) is 35.5 Å². The number of anilines is 2. The van der Waals surface area contributed by atoms with Crippen LogP contribution in [0.15, 0.2) is 60.7 Å². The minimum Gasteiger partial charge on any atom is -0.870 e. The van der Waals surface area contributed by atoms with Crippen LogP contribution in [0.25, 0.3) is 23.0 Å². The molecule has 0 aliphatic carbocycles. The molecule has 0 saturated carbocycles. The Bertz CT molecular complexity index is 3020. The summed E-state index contributed by atoms with van der Waals surface area (Å²) in [5.41, 5.74) is 3.49. The van der Waals surface area contributed by atoms with E-state index in [1.807, 2.05) is 13.8 Å². The van der Waals surface area contributed by atoms with Crippen molar-refractivity contribution in [3.05, 3.63) is 106 Å². The number of carbonyl (C=O) groups is 5. The number of esters is 1. The number of carbonyl (C=O) groups excluding carboxylic acids is 5. The maximum absolute atomic E-state index is 14.9. The zero-order valence-electron chi connectivity index (χ0n) is 42.9. The van der Waals surface area contributed by atoms with E-state index in [1.165, 1.54) is 40.6 Å². The van der Waals surface area contributed by atoms with E-state index in [1.54, 1.807) is 83.9 Å². The van der Waals surface area contributed by atoms with Crippen molar-refractivity contribution in [1.82, 2.24) is 70.0 Å². The van der Waals surface area contributed by atoms with Gasteiger partial charge in [-0.3, -0.25) is 14.4 Å². The summed E-state index contributed by atoms with van der Waals surface area (Å²) in [7, 11) is 3.45. The maximum Gasteiger partial charge on any atom is 1.00 e. The summed E-state index contributed by atoms with van der Waals surface area (Å²) in [6, 6.07) is 14.6. The fraction of sp³-hybridized carbons (Fsp3) is 0.396. The average Bonchev–Trinajstić information content (AvgIpc) is 4.10. The zero-order valence-corrected chi connectivity index (χ0v) is 42.9. The molecule has 0 saturated heterocycles. The van der Waals surface area contributed by atoms with Crippen molar-refractivity contribution < 1.29 is 66.9 Å². The number of hydrogen-bond donors (Lipinski definition) is 3. The molecule has 2 aliphatic rings. The number of amides is 6. The van der Waals surface area contributed by atoms with Crippen LogP contribution in [0.3, 0.4) is 0 Å². The molecule has 6 aromatic rings. The smallest absolute Gasteiger partial charge is 0.870 e. The molecule has 27 heteroatoms. The Morgan fingerprint density at radius 2 is 1.12 bits per heavy atom. The molecule has 2 atom stereocenters. The molecule has 4 N–H and O–H groups in total. The van der Waals surface area contributed by atoms with Gasteiger partial charge in [0.2, 0.25) is 11.6 Å². The molecule has 2 aliphatic heterocycles. The van der Waals surface area contributed by atoms with Crippen molar-refractivity contribution in [2.75, 3.05) is 64.1 Å². The number of tetrazole rings is 2. The van der Waals surface area contributed by atoms with Crippen LogP contribution in [0.1, 0.15) is 89.7 Å². The molecular weight excluding hydrogens is 974 g/mol. The second-order valence-electron chi connectivity index (χ2n) is 17.4. The van der Waals surface area contributed by atoms with Gasteiger partial charge in [0, 0.05) is 60.3 Å². The Hall–Kier alpha value is -7.79. The second kappa shape index (κ2) is 25.9. The molecule has 6 heterocycles. The van der Waals surface area contributed by atoms with Crippen LogP contribution in [0.4, 0.5) is 30.0 Å². The molecule has 2 aromatic carbocycles. The van der Waals surface area contributed by atoms with Crippen LogP contribution in [-0.4, -0.2) is 164 Å². The molecule has 0 spiro atoms. The third-order valence-electron chi connectivity index (χ3n) is 12.3. The predicted octanol–water partition coefficient (Wildman–Crippen LogP) is 1.62. The zero-order chi connectivity index (χ0) is 52.5.